The van der Waals surface area contributed by atoms with Crippen molar-refractivity contribution in [3.63, 3.8) is 0 Å². The fourth-order valence-corrected chi connectivity index (χ4v) is 3.67. The predicted octanol–water partition coefficient (Wildman–Crippen LogP) is 1.39. The van der Waals surface area contributed by atoms with Gasteiger partial charge in [-0.1, -0.05) is 6.42 Å². The molecule has 2 aliphatic carbocycles. The molecule has 1 heterocycles. The van der Waals surface area contributed by atoms with E-state index < -0.39 is 0 Å². The molecule has 0 aromatic carbocycles. The highest BCUT2D eigenvalue weighted by molar-refractivity contribution is 5.76. The van der Waals surface area contributed by atoms with Gasteiger partial charge in [0.05, 0.1) is 17.1 Å². The van der Waals surface area contributed by atoms with Gasteiger partial charge in [0.2, 0.25) is 5.91 Å². The number of amides is 1. The second-order valence-corrected chi connectivity index (χ2v) is 6.09. The molecule has 0 radical (unpaired) electrons. The van der Waals surface area contributed by atoms with E-state index in [1.54, 1.807) is 4.68 Å². The van der Waals surface area contributed by atoms with Gasteiger partial charge in [-0.15, -0.1) is 0 Å². The Labute approximate surface area is 113 Å². The Morgan fingerprint density at radius 1 is 1.42 bits per heavy atom. The summed E-state index contributed by atoms with van der Waals surface area (Å²) in [5, 5.41) is 7.48. The Morgan fingerprint density at radius 2 is 2.21 bits per heavy atom. The fraction of sp³-hybridized carbons (Fsp3) is 0.714. The maximum absolute atomic E-state index is 12.1. The second kappa shape index (κ2) is 4.54. The number of anilines is 1. The van der Waals surface area contributed by atoms with Gasteiger partial charge in [0.25, 0.3) is 0 Å². The van der Waals surface area contributed by atoms with Gasteiger partial charge in [0.1, 0.15) is 6.54 Å². The molecular formula is C14H22N4O. The van der Waals surface area contributed by atoms with Gasteiger partial charge in [-0.25, -0.2) is 0 Å². The maximum atomic E-state index is 12.1. The van der Waals surface area contributed by atoms with E-state index in [2.05, 4.69) is 10.4 Å². The number of nitrogens with one attached hydrogen (secondary N) is 1. The summed E-state index contributed by atoms with van der Waals surface area (Å²) in [6, 6.07) is 0.389. The van der Waals surface area contributed by atoms with Crippen molar-refractivity contribution in [1.82, 2.24) is 15.1 Å². The standard InChI is InChI=1S/C14H22N4O/c1-8-14(15)9(2)18(17-8)7-13(19)16-12-6-10-3-4-11(12)5-10/h10-12H,3-7,15H2,1-2H3,(H,16,19). The molecule has 19 heavy (non-hydrogen) atoms. The van der Waals surface area contributed by atoms with E-state index in [-0.39, 0.29) is 12.5 Å². The average molecular weight is 262 g/mol. The van der Waals surface area contributed by atoms with Crippen LogP contribution in [-0.2, 0) is 11.3 Å². The van der Waals surface area contributed by atoms with Crippen LogP contribution in [-0.4, -0.2) is 21.7 Å². The normalized spacial score (nSPS) is 28.8. The Morgan fingerprint density at radius 3 is 2.74 bits per heavy atom. The molecule has 3 rings (SSSR count). The van der Waals surface area contributed by atoms with E-state index in [1.165, 1.54) is 19.3 Å². The minimum atomic E-state index is 0.0585. The van der Waals surface area contributed by atoms with Crippen molar-refractivity contribution in [3.8, 4) is 0 Å². The van der Waals surface area contributed by atoms with Crippen molar-refractivity contribution in [1.29, 1.82) is 0 Å². The number of nitrogens with two attached hydrogens (primary N) is 1. The third-order valence-electron chi connectivity index (χ3n) is 4.82. The third kappa shape index (κ3) is 2.22. The number of carbonyl (C=O) groups excluding carboxylic acids is 1. The predicted molar refractivity (Wildman–Crippen MR) is 73.5 cm³/mol. The summed E-state index contributed by atoms with van der Waals surface area (Å²) < 4.78 is 1.70. The minimum absolute atomic E-state index is 0.0585. The molecular weight excluding hydrogens is 240 g/mol. The van der Waals surface area contributed by atoms with E-state index in [0.29, 0.717) is 17.6 Å². The number of hydrogen-bond donors (Lipinski definition) is 2. The molecule has 3 unspecified atom stereocenters. The highest BCUT2D eigenvalue weighted by atomic mass is 16.2. The zero-order valence-corrected chi connectivity index (χ0v) is 11.6. The molecule has 1 amide bonds. The number of fused-ring (bicyclic) bond motifs is 2. The van der Waals surface area contributed by atoms with Crippen LogP contribution in [0.15, 0.2) is 0 Å². The van der Waals surface area contributed by atoms with Crippen LogP contribution in [0.5, 0.6) is 0 Å². The first kappa shape index (κ1) is 12.5. The van der Waals surface area contributed by atoms with Crippen molar-refractivity contribution in [3.05, 3.63) is 11.4 Å². The van der Waals surface area contributed by atoms with Crippen LogP contribution in [0.3, 0.4) is 0 Å². The zero-order chi connectivity index (χ0) is 13.6. The average Bonchev–Trinajstić information content (AvgIpc) is 3.02. The van der Waals surface area contributed by atoms with Crippen molar-refractivity contribution >= 4 is 11.6 Å². The van der Waals surface area contributed by atoms with Crippen LogP contribution in [0, 0.1) is 25.7 Å². The lowest BCUT2D eigenvalue weighted by molar-refractivity contribution is -0.122. The Kier molecular flexibility index (Phi) is 2.99. The molecule has 5 nitrogen and oxygen atoms in total. The summed E-state index contributed by atoms with van der Waals surface area (Å²) in [6.07, 6.45) is 5.10. The largest absolute Gasteiger partial charge is 0.396 e. The number of rotatable bonds is 3. The number of hydrogen-bond acceptors (Lipinski definition) is 3. The van der Waals surface area contributed by atoms with Gasteiger partial charge >= 0.3 is 0 Å². The van der Waals surface area contributed by atoms with Crippen LogP contribution >= 0.6 is 0 Å². The highest BCUT2D eigenvalue weighted by Gasteiger charge is 2.40. The van der Waals surface area contributed by atoms with E-state index in [4.69, 9.17) is 5.73 Å². The molecule has 0 saturated heterocycles. The first-order valence-electron chi connectivity index (χ1n) is 7.13. The number of nitrogens with zero attached hydrogens (tertiary/aromatic N) is 2. The molecule has 2 bridgehead atoms. The van der Waals surface area contributed by atoms with Gasteiger partial charge in [-0.05, 0) is 44.9 Å². The summed E-state index contributed by atoms with van der Waals surface area (Å²) in [6.45, 7) is 4.05. The van der Waals surface area contributed by atoms with Gasteiger partial charge in [-0.2, -0.15) is 5.10 Å². The van der Waals surface area contributed by atoms with Gasteiger partial charge in [0, 0.05) is 6.04 Å². The fourth-order valence-electron chi connectivity index (χ4n) is 3.67. The van der Waals surface area contributed by atoms with Crippen LogP contribution in [0.1, 0.15) is 37.1 Å². The molecule has 3 N–H and O–H groups in total. The Balaban J connectivity index is 1.61. The number of nitrogen functional groups attached to an aromatic ring is 1. The van der Waals surface area contributed by atoms with Gasteiger partial charge in [0.15, 0.2) is 0 Å². The number of aromatic nitrogens is 2. The van der Waals surface area contributed by atoms with Crippen molar-refractivity contribution in [2.75, 3.05) is 5.73 Å². The molecule has 5 heteroatoms. The monoisotopic (exact) mass is 262 g/mol. The summed E-state index contributed by atoms with van der Waals surface area (Å²) >= 11 is 0. The highest BCUT2D eigenvalue weighted by Crippen LogP contribution is 2.44. The topological polar surface area (TPSA) is 72.9 Å². The van der Waals surface area contributed by atoms with Crippen LogP contribution in [0.25, 0.3) is 0 Å². The number of aryl methyl sites for hydroxylation is 1. The summed E-state index contributed by atoms with van der Waals surface area (Å²) in [7, 11) is 0. The second-order valence-electron chi connectivity index (χ2n) is 6.09. The van der Waals surface area contributed by atoms with Crippen molar-refractivity contribution in [2.24, 2.45) is 11.8 Å². The Bertz CT molecular complexity index is 508. The molecule has 1 aromatic rings. The van der Waals surface area contributed by atoms with Crippen molar-refractivity contribution in [2.45, 2.75) is 52.1 Å². The molecule has 2 fully saturated rings. The molecule has 2 saturated carbocycles. The minimum Gasteiger partial charge on any atom is -0.396 e. The van der Waals surface area contributed by atoms with E-state index in [9.17, 15) is 4.79 Å². The van der Waals surface area contributed by atoms with Crippen LogP contribution < -0.4 is 11.1 Å². The first-order valence-corrected chi connectivity index (χ1v) is 7.13. The molecule has 0 spiro atoms. The lowest BCUT2D eigenvalue weighted by atomic mass is 9.95. The molecule has 2 aliphatic rings. The third-order valence-corrected chi connectivity index (χ3v) is 4.82. The van der Waals surface area contributed by atoms with Gasteiger partial charge < -0.3 is 11.1 Å². The lowest BCUT2D eigenvalue weighted by Gasteiger charge is -2.22. The van der Waals surface area contributed by atoms with E-state index in [0.717, 1.165) is 23.7 Å². The summed E-state index contributed by atoms with van der Waals surface area (Å²) in [5.74, 6) is 1.61. The lowest BCUT2D eigenvalue weighted by Crippen LogP contribution is -2.40. The van der Waals surface area contributed by atoms with Gasteiger partial charge in [-0.3, -0.25) is 9.48 Å². The zero-order valence-electron chi connectivity index (χ0n) is 11.6. The summed E-state index contributed by atoms with van der Waals surface area (Å²) in [5.41, 5.74) is 8.24. The smallest absolute Gasteiger partial charge is 0.241 e. The van der Waals surface area contributed by atoms with Crippen molar-refractivity contribution < 1.29 is 4.79 Å². The van der Waals surface area contributed by atoms with E-state index >= 15 is 0 Å². The number of carbonyl (C=O) groups is 1. The van der Waals surface area contributed by atoms with Crippen LogP contribution in [0.4, 0.5) is 5.69 Å². The quantitative estimate of drug-likeness (QED) is 0.864. The summed E-state index contributed by atoms with van der Waals surface area (Å²) in [4.78, 5) is 12.1. The Hall–Kier alpha value is -1.52. The molecule has 0 aliphatic heterocycles. The van der Waals surface area contributed by atoms with E-state index in [1.807, 2.05) is 13.8 Å². The first-order chi connectivity index (χ1) is 9.04. The van der Waals surface area contributed by atoms with Crippen LogP contribution in [0.2, 0.25) is 0 Å². The molecule has 104 valence electrons. The molecule has 1 aromatic heterocycles. The molecule has 3 atom stereocenters. The SMILES string of the molecule is Cc1nn(CC(=O)NC2CC3CCC2C3)c(C)c1N. The maximum Gasteiger partial charge on any atom is 0.241 e.